The van der Waals surface area contributed by atoms with Crippen molar-refractivity contribution in [3.63, 3.8) is 0 Å². The molecule has 3 nitrogen and oxygen atoms in total. The van der Waals surface area contributed by atoms with Gasteiger partial charge in [0.1, 0.15) is 0 Å². The van der Waals surface area contributed by atoms with Gasteiger partial charge in [-0.3, -0.25) is 0 Å². The van der Waals surface area contributed by atoms with Gasteiger partial charge in [-0.25, -0.2) is 0 Å². The Hall–Kier alpha value is -0.120. The van der Waals surface area contributed by atoms with Crippen LogP contribution in [0.25, 0.3) is 0 Å². The SMILES string of the molecule is O[C@H]1CO[C@]2(CCNC2)C1. The predicted octanol–water partition coefficient (Wildman–Crippen LogP) is -0.500. The first-order valence-electron chi connectivity index (χ1n) is 3.84. The van der Waals surface area contributed by atoms with Crippen LogP contribution in [0, 0.1) is 0 Å². The van der Waals surface area contributed by atoms with Gasteiger partial charge in [-0.15, -0.1) is 0 Å². The molecule has 2 aliphatic rings. The summed E-state index contributed by atoms with van der Waals surface area (Å²) in [4.78, 5) is 0. The van der Waals surface area contributed by atoms with E-state index >= 15 is 0 Å². The fourth-order valence-electron chi connectivity index (χ4n) is 1.84. The molecule has 0 unspecified atom stereocenters. The lowest BCUT2D eigenvalue weighted by atomic mass is 9.99. The normalized spacial score (nSPS) is 47.1. The number of rotatable bonds is 0. The van der Waals surface area contributed by atoms with Crippen LogP contribution < -0.4 is 5.32 Å². The van der Waals surface area contributed by atoms with E-state index in [4.69, 9.17) is 4.74 Å². The van der Waals surface area contributed by atoms with Crippen LogP contribution in [0.15, 0.2) is 0 Å². The number of nitrogens with one attached hydrogen (secondary N) is 1. The van der Waals surface area contributed by atoms with Crippen LogP contribution in [0.3, 0.4) is 0 Å². The molecule has 2 heterocycles. The van der Waals surface area contributed by atoms with E-state index < -0.39 is 0 Å². The highest BCUT2D eigenvalue weighted by Crippen LogP contribution is 2.31. The summed E-state index contributed by atoms with van der Waals surface area (Å²) in [5, 5.41) is 12.4. The number of ether oxygens (including phenoxy) is 1. The van der Waals surface area contributed by atoms with Crippen LogP contribution in [-0.2, 0) is 4.74 Å². The van der Waals surface area contributed by atoms with Crippen molar-refractivity contribution in [2.45, 2.75) is 24.5 Å². The molecule has 0 aromatic rings. The third-order valence-corrected chi connectivity index (χ3v) is 2.39. The summed E-state index contributed by atoms with van der Waals surface area (Å²) in [6, 6.07) is 0. The lowest BCUT2D eigenvalue weighted by Gasteiger charge is -2.19. The van der Waals surface area contributed by atoms with Crippen molar-refractivity contribution in [2.24, 2.45) is 0 Å². The molecule has 2 fully saturated rings. The summed E-state index contributed by atoms with van der Waals surface area (Å²) in [7, 11) is 0. The molecule has 0 amide bonds. The molecule has 58 valence electrons. The Labute approximate surface area is 60.4 Å². The average Bonchev–Trinajstić information content (AvgIpc) is 2.46. The van der Waals surface area contributed by atoms with Crippen molar-refractivity contribution < 1.29 is 9.84 Å². The molecule has 0 bridgehead atoms. The Morgan fingerprint density at radius 2 is 2.50 bits per heavy atom. The van der Waals surface area contributed by atoms with Crippen molar-refractivity contribution in [1.82, 2.24) is 5.32 Å². The maximum absolute atomic E-state index is 9.20. The van der Waals surface area contributed by atoms with E-state index in [1.807, 2.05) is 0 Å². The average molecular weight is 143 g/mol. The molecule has 3 heteroatoms. The third kappa shape index (κ3) is 0.944. The minimum absolute atomic E-state index is 0.000579. The van der Waals surface area contributed by atoms with Crippen molar-refractivity contribution in [1.29, 1.82) is 0 Å². The van der Waals surface area contributed by atoms with E-state index in [9.17, 15) is 5.11 Å². The molecule has 0 aromatic heterocycles. The zero-order chi connectivity index (χ0) is 7.03. The Balaban J connectivity index is 2.03. The quantitative estimate of drug-likeness (QED) is 0.480. The maximum atomic E-state index is 9.20. The minimum atomic E-state index is -0.222. The van der Waals surface area contributed by atoms with E-state index in [0.29, 0.717) is 6.61 Å². The molecule has 0 aliphatic carbocycles. The number of hydrogen-bond acceptors (Lipinski definition) is 3. The molecule has 2 aliphatic heterocycles. The first-order chi connectivity index (χ1) is 4.81. The Kier molecular flexibility index (Phi) is 1.44. The first-order valence-corrected chi connectivity index (χ1v) is 3.84. The van der Waals surface area contributed by atoms with Crippen molar-refractivity contribution in [3.05, 3.63) is 0 Å². The molecule has 2 rings (SSSR count). The van der Waals surface area contributed by atoms with Gasteiger partial charge in [-0.05, 0) is 13.0 Å². The van der Waals surface area contributed by atoms with E-state index in [1.54, 1.807) is 0 Å². The molecule has 2 N–H and O–H groups in total. The highest BCUT2D eigenvalue weighted by atomic mass is 16.5. The molecule has 10 heavy (non-hydrogen) atoms. The van der Waals surface area contributed by atoms with Crippen molar-refractivity contribution in [2.75, 3.05) is 19.7 Å². The van der Waals surface area contributed by atoms with Crippen LogP contribution in [0.5, 0.6) is 0 Å². The van der Waals surface area contributed by atoms with Gasteiger partial charge in [-0.2, -0.15) is 0 Å². The van der Waals surface area contributed by atoms with Gasteiger partial charge in [0.05, 0.1) is 18.3 Å². The van der Waals surface area contributed by atoms with E-state index in [2.05, 4.69) is 5.32 Å². The summed E-state index contributed by atoms with van der Waals surface area (Å²) in [6.07, 6.45) is 1.66. The van der Waals surface area contributed by atoms with Gasteiger partial charge in [0.15, 0.2) is 0 Å². The van der Waals surface area contributed by atoms with E-state index in [-0.39, 0.29) is 11.7 Å². The van der Waals surface area contributed by atoms with Gasteiger partial charge in [0.2, 0.25) is 0 Å². The second kappa shape index (κ2) is 2.19. The van der Waals surface area contributed by atoms with Gasteiger partial charge in [-0.1, -0.05) is 0 Å². The summed E-state index contributed by atoms with van der Waals surface area (Å²) >= 11 is 0. The molecule has 2 atom stereocenters. The highest BCUT2D eigenvalue weighted by Gasteiger charge is 2.41. The molecule has 1 spiro atoms. The van der Waals surface area contributed by atoms with Crippen LogP contribution in [0.2, 0.25) is 0 Å². The van der Waals surface area contributed by atoms with Gasteiger partial charge < -0.3 is 15.2 Å². The fraction of sp³-hybridized carbons (Fsp3) is 1.00. The first kappa shape index (κ1) is 6.58. The smallest absolute Gasteiger partial charge is 0.0845 e. The standard InChI is InChI=1S/C7H13NO2/c9-6-3-7(10-4-6)1-2-8-5-7/h6,8-9H,1-5H2/t6-,7-/m1/s1. The predicted molar refractivity (Wildman–Crippen MR) is 36.8 cm³/mol. The van der Waals surface area contributed by atoms with Crippen LogP contribution in [-0.4, -0.2) is 36.5 Å². The van der Waals surface area contributed by atoms with E-state index in [1.165, 1.54) is 0 Å². The van der Waals surface area contributed by atoms with E-state index in [0.717, 1.165) is 25.9 Å². The number of aliphatic hydroxyl groups excluding tert-OH is 1. The topological polar surface area (TPSA) is 41.5 Å². The molecular formula is C7H13NO2. The molecule has 0 saturated carbocycles. The summed E-state index contributed by atoms with van der Waals surface area (Å²) in [5.74, 6) is 0. The molecule has 0 radical (unpaired) electrons. The van der Waals surface area contributed by atoms with Gasteiger partial charge in [0, 0.05) is 13.0 Å². The third-order valence-electron chi connectivity index (χ3n) is 2.39. The van der Waals surface area contributed by atoms with Crippen molar-refractivity contribution in [3.8, 4) is 0 Å². The number of hydrogen-bond donors (Lipinski definition) is 2. The Bertz CT molecular complexity index is 132. The second-order valence-corrected chi connectivity index (χ2v) is 3.28. The van der Waals surface area contributed by atoms with Crippen LogP contribution in [0.4, 0.5) is 0 Å². The molecular weight excluding hydrogens is 130 g/mol. The highest BCUT2D eigenvalue weighted by molar-refractivity contribution is 4.95. The lowest BCUT2D eigenvalue weighted by molar-refractivity contribution is 0.0172. The Morgan fingerprint density at radius 1 is 1.60 bits per heavy atom. The maximum Gasteiger partial charge on any atom is 0.0845 e. The summed E-state index contributed by atoms with van der Waals surface area (Å²) < 4.78 is 5.50. The monoisotopic (exact) mass is 143 g/mol. The lowest BCUT2D eigenvalue weighted by Crippen LogP contribution is -2.30. The Morgan fingerprint density at radius 3 is 3.00 bits per heavy atom. The molecule has 0 aromatic carbocycles. The number of aliphatic hydroxyl groups is 1. The fourth-order valence-corrected chi connectivity index (χ4v) is 1.84. The zero-order valence-corrected chi connectivity index (χ0v) is 5.97. The largest absolute Gasteiger partial charge is 0.391 e. The minimum Gasteiger partial charge on any atom is -0.391 e. The second-order valence-electron chi connectivity index (χ2n) is 3.28. The molecule has 2 saturated heterocycles. The van der Waals surface area contributed by atoms with Crippen LogP contribution in [0.1, 0.15) is 12.8 Å². The van der Waals surface area contributed by atoms with Crippen molar-refractivity contribution >= 4 is 0 Å². The van der Waals surface area contributed by atoms with Crippen LogP contribution >= 0.6 is 0 Å². The zero-order valence-electron chi connectivity index (χ0n) is 5.97. The van der Waals surface area contributed by atoms with Gasteiger partial charge >= 0.3 is 0 Å². The summed E-state index contributed by atoms with van der Waals surface area (Å²) in [6.45, 7) is 2.48. The summed E-state index contributed by atoms with van der Waals surface area (Å²) in [5.41, 5.74) is -0.000579. The van der Waals surface area contributed by atoms with Gasteiger partial charge in [0.25, 0.3) is 0 Å².